The topological polar surface area (TPSA) is 90.5 Å². The molecule has 11 heteroatoms. The highest BCUT2D eigenvalue weighted by atomic mass is 35.5. The molecule has 0 bridgehead atoms. The highest BCUT2D eigenvalue weighted by Crippen LogP contribution is 2.19. The summed E-state index contributed by atoms with van der Waals surface area (Å²) in [6, 6.07) is 3.33. The number of carbonyl (C=O) groups excluding carboxylic acids is 1. The smallest absolute Gasteiger partial charge is 0.240 e. The van der Waals surface area contributed by atoms with Crippen LogP contribution in [0.3, 0.4) is 0 Å². The highest BCUT2D eigenvalue weighted by molar-refractivity contribution is 7.89. The van der Waals surface area contributed by atoms with Gasteiger partial charge in [0.05, 0.1) is 10.6 Å². The van der Waals surface area contributed by atoms with Crippen LogP contribution in [-0.2, 0) is 14.8 Å². The standard InChI is InChI=1S/C15H23FN4O3S.2ClH/c1-12(21)19-15-11-13(3-4-14(15)16)24(22,23)18-5-2-8-20-9-6-17-7-10-20;;/h3-4,11,17-18H,2,5-10H2,1H3,(H,19,21);2*1H. The normalized spacial score (nSPS) is 14.8. The van der Waals surface area contributed by atoms with E-state index in [9.17, 15) is 17.6 Å². The van der Waals surface area contributed by atoms with Crippen LogP contribution in [0, 0.1) is 5.82 Å². The van der Waals surface area contributed by atoms with E-state index in [1.165, 1.54) is 13.0 Å². The third-order valence-electron chi connectivity index (χ3n) is 3.71. The average Bonchev–Trinajstić information content (AvgIpc) is 2.54. The summed E-state index contributed by atoms with van der Waals surface area (Å²) < 4.78 is 40.6. The summed E-state index contributed by atoms with van der Waals surface area (Å²) in [5, 5.41) is 5.54. The SMILES string of the molecule is CC(=O)Nc1cc(S(=O)(=O)NCCCN2CCNCC2)ccc1F.Cl.Cl. The van der Waals surface area contributed by atoms with Crippen molar-refractivity contribution in [1.29, 1.82) is 0 Å². The number of amides is 1. The molecule has 2 rings (SSSR count). The second-order valence-electron chi connectivity index (χ2n) is 5.67. The Hall–Kier alpha value is -0.970. The lowest BCUT2D eigenvalue weighted by atomic mass is 10.3. The number of sulfonamides is 1. The monoisotopic (exact) mass is 430 g/mol. The van der Waals surface area contributed by atoms with Gasteiger partial charge in [0.15, 0.2) is 0 Å². The molecule has 1 amide bonds. The summed E-state index contributed by atoms with van der Waals surface area (Å²) >= 11 is 0. The molecule has 0 unspecified atom stereocenters. The minimum atomic E-state index is -3.74. The maximum absolute atomic E-state index is 13.6. The van der Waals surface area contributed by atoms with Crippen molar-refractivity contribution in [1.82, 2.24) is 14.9 Å². The molecule has 0 spiro atoms. The summed E-state index contributed by atoms with van der Waals surface area (Å²) in [5.41, 5.74) is -0.147. The lowest BCUT2D eigenvalue weighted by molar-refractivity contribution is -0.114. The van der Waals surface area contributed by atoms with Crippen LogP contribution in [0.15, 0.2) is 23.1 Å². The summed E-state index contributed by atoms with van der Waals surface area (Å²) in [7, 11) is -3.74. The molecule has 0 aliphatic carbocycles. The Morgan fingerprint density at radius 2 is 1.92 bits per heavy atom. The zero-order valence-electron chi connectivity index (χ0n) is 14.5. The van der Waals surface area contributed by atoms with Crippen LogP contribution in [0.4, 0.5) is 10.1 Å². The van der Waals surface area contributed by atoms with Crippen LogP contribution in [0.2, 0.25) is 0 Å². The van der Waals surface area contributed by atoms with Gasteiger partial charge in [0.25, 0.3) is 0 Å². The fourth-order valence-corrected chi connectivity index (χ4v) is 3.58. The van der Waals surface area contributed by atoms with Gasteiger partial charge in [-0.05, 0) is 31.2 Å². The first-order valence-corrected chi connectivity index (χ1v) is 9.37. The molecule has 1 fully saturated rings. The van der Waals surface area contributed by atoms with Gasteiger partial charge in [-0.15, -0.1) is 24.8 Å². The minimum absolute atomic E-state index is 0. The number of piperazine rings is 1. The summed E-state index contributed by atoms with van der Waals surface area (Å²) in [4.78, 5) is 13.2. The molecule has 1 aromatic rings. The first-order valence-electron chi connectivity index (χ1n) is 7.88. The molecule has 0 radical (unpaired) electrons. The Morgan fingerprint density at radius 1 is 1.27 bits per heavy atom. The summed E-state index contributed by atoms with van der Waals surface area (Å²) in [6.45, 7) is 6.19. The van der Waals surface area contributed by atoms with Crippen molar-refractivity contribution in [2.24, 2.45) is 0 Å². The second kappa shape index (κ2) is 11.7. The third kappa shape index (κ3) is 7.73. The van der Waals surface area contributed by atoms with E-state index in [0.717, 1.165) is 44.9 Å². The molecule has 26 heavy (non-hydrogen) atoms. The number of nitrogens with zero attached hydrogens (tertiary/aromatic N) is 1. The average molecular weight is 431 g/mol. The molecule has 0 aromatic heterocycles. The number of anilines is 1. The molecular weight excluding hydrogens is 406 g/mol. The van der Waals surface area contributed by atoms with Crippen LogP contribution in [-0.4, -0.2) is 58.5 Å². The van der Waals surface area contributed by atoms with Crippen LogP contribution in [0.5, 0.6) is 0 Å². The molecule has 7 nitrogen and oxygen atoms in total. The molecule has 3 N–H and O–H groups in total. The zero-order valence-corrected chi connectivity index (χ0v) is 16.9. The van der Waals surface area contributed by atoms with Crippen molar-refractivity contribution in [3.05, 3.63) is 24.0 Å². The largest absolute Gasteiger partial charge is 0.324 e. The Balaban J connectivity index is 0.00000312. The molecule has 1 heterocycles. The van der Waals surface area contributed by atoms with E-state index in [-0.39, 0.29) is 35.4 Å². The van der Waals surface area contributed by atoms with E-state index in [2.05, 4.69) is 20.3 Å². The number of carbonyl (C=O) groups is 1. The van der Waals surface area contributed by atoms with Gasteiger partial charge in [0.2, 0.25) is 15.9 Å². The number of hydrogen-bond donors (Lipinski definition) is 3. The van der Waals surface area contributed by atoms with Crippen molar-refractivity contribution in [3.63, 3.8) is 0 Å². The molecule has 150 valence electrons. The van der Waals surface area contributed by atoms with Gasteiger partial charge in [-0.3, -0.25) is 4.79 Å². The van der Waals surface area contributed by atoms with E-state index in [1.807, 2.05) is 0 Å². The van der Waals surface area contributed by atoms with Crippen LogP contribution in [0.1, 0.15) is 13.3 Å². The Kier molecular flexibility index (Phi) is 11.2. The van der Waals surface area contributed by atoms with Gasteiger partial charge in [-0.25, -0.2) is 17.5 Å². The molecule has 1 aliphatic heterocycles. The maximum Gasteiger partial charge on any atom is 0.240 e. The van der Waals surface area contributed by atoms with Gasteiger partial charge in [0.1, 0.15) is 5.82 Å². The number of benzene rings is 1. The third-order valence-corrected chi connectivity index (χ3v) is 5.17. The number of rotatable bonds is 7. The van der Waals surface area contributed by atoms with E-state index in [0.29, 0.717) is 13.0 Å². The lowest BCUT2D eigenvalue weighted by Gasteiger charge is -2.27. The molecule has 0 atom stereocenters. The van der Waals surface area contributed by atoms with E-state index in [4.69, 9.17) is 0 Å². The van der Waals surface area contributed by atoms with E-state index < -0.39 is 21.7 Å². The Morgan fingerprint density at radius 3 is 2.54 bits per heavy atom. The molecular formula is C15H25Cl2FN4O3S. The predicted octanol–water partition coefficient (Wildman–Crippen LogP) is 1.20. The zero-order chi connectivity index (χ0) is 17.6. The van der Waals surface area contributed by atoms with Crippen LogP contribution >= 0.6 is 24.8 Å². The van der Waals surface area contributed by atoms with E-state index >= 15 is 0 Å². The lowest BCUT2D eigenvalue weighted by Crippen LogP contribution is -2.44. The molecule has 1 aliphatic rings. The van der Waals surface area contributed by atoms with Crippen molar-refractivity contribution in [2.45, 2.75) is 18.2 Å². The Bertz CT molecular complexity index is 685. The highest BCUT2D eigenvalue weighted by Gasteiger charge is 2.17. The fraction of sp³-hybridized carbons (Fsp3) is 0.533. The summed E-state index contributed by atoms with van der Waals surface area (Å²) in [5.74, 6) is -1.14. The summed E-state index contributed by atoms with van der Waals surface area (Å²) in [6.07, 6.45) is 0.693. The fourth-order valence-electron chi connectivity index (χ4n) is 2.48. The van der Waals surface area contributed by atoms with Crippen molar-refractivity contribution >= 4 is 46.4 Å². The van der Waals surface area contributed by atoms with Crippen LogP contribution in [0.25, 0.3) is 0 Å². The van der Waals surface area contributed by atoms with Crippen molar-refractivity contribution in [2.75, 3.05) is 44.6 Å². The minimum Gasteiger partial charge on any atom is -0.324 e. The van der Waals surface area contributed by atoms with Crippen LogP contribution < -0.4 is 15.4 Å². The molecule has 0 saturated carbocycles. The maximum atomic E-state index is 13.6. The molecule has 1 aromatic carbocycles. The van der Waals surface area contributed by atoms with E-state index in [1.54, 1.807) is 0 Å². The quantitative estimate of drug-likeness (QED) is 0.565. The van der Waals surface area contributed by atoms with Gasteiger partial charge >= 0.3 is 0 Å². The molecule has 1 saturated heterocycles. The predicted molar refractivity (Wildman–Crippen MR) is 104 cm³/mol. The van der Waals surface area contributed by atoms with Gasteiger partial charge in [-0.1, -0.05) is 0 Å². The first-order chi connectivity index (χ1) is 11.4. The number of halogens is 3. The first kappa shape index (κ1) is 25.0. The second-order valence-corrected chi connectivity index (χ2v) is 7.43. The number of nitrogens with one attached hydrogen (secondary N) is 3. The van der Waals surface area contributed by atoms with Crippen molar-refractivity contribution in [3.8, 4) is 0 Å². The van der Waals surface area contributed by atoms with Gasteiger partial charge in [-0.2, -0.15) is 0 Å². The van der Waals surface area contributed by atoms with Crippen molar-refractivity contribution < 1.29 is 17.6 Å². The Labute approximate surface area is 166 Å². The van der Waals surface area contributed by atoms with Gasteiger partial charge in [0, 0.05) is 39.6 Å². The van der Waals surface area contributed by atoms with Gasteiger partial charge < -0.3 is 15.5 Å². The number of hydrogen-bond acceptors (Lipinski definition) is 5.